The number of benzene rings is 2. The maximum absolute atomic E-state index is 12.5. The van der Waals surface area contributed by atoms with E-state index < -0.39 is 17.9 Å². The molecule has 2 N–H and O–H groups in total. The highest BCUT2D eigenvalue weighted by atomic mass is 16.5. The molecule has 1 atom stereocenters. The number of hydrazine groups is 1. The lowest BCUT2D eigenvalue weighted by Crippen LogP contribution is -2.47. The number of fused-ring (bicyclic) bond motifs is 2. The van der Waals surface area contributed by atoms with Crippen LogP contribution in [0.4, 0.5) is 5.69 Å². The summed E-state index contributed by atoms with van der Waals surface area (Å²) in [7, 11) is 1.86. The van der Waals surface area contributed by atoms with Gasteiger partial charge in [-0.25, -0.2) is 0 Å². The molecule has 30 heavy (non-hydrogen) atoms. The third kappa shape index (κ3) is 3.59. The number of nitrogens with one attached hydrogen (secondary N) is 2. The highest BCUT2D eigenvalue weighted by Gasteiger charge is 2.31. The van der Waals surface area contributed by atoms with E-state index in [1.165, 1.54) is 4.90 Å². The molecule has 0 spiro atoms. The fourth-order valence-corrected chi connectivity index (χ4v) is 3.58. The molecule has 2 aromatic carbocycles. The van der Waals surface area contributed by atoms with Gasteiger partial charge in [0.15, 0.2) is 6.10 Å². The van der Waals surface area contributed by atoms with Crippen LogP contribution in [-0.2, 0) is 16.6 Å². The molecule has 3 aromatic rings. The molecular formula is C22H22N4O4. The van der Waals surface area contributed by atoms with E-state index in [0.717, 1.165) is 10.9 Å². The lowest BCUT2D eigenvalue weighted by atomic mass is 10.1. The van der Waals surface area contributed by atoms with Crippen molar-refractivity contribution in [1.82, 2.24) is 15.4 Å². The van der Waals surface area contributed by atoms with Crippen LogP contribution in [0.1, 0.15) is 23.7 Å². The third-order valence-corrected chi connectivity index (χ3v) is 5.09. The van der Waals surface area contributed by atoms with Gasteiger partial charge < -0.3 is 14.2 Å². The van der Waals surface area contributed by atoms with Crippen LogP contribution in [0.15, 0.2) is 54.7 Å². The minimum atomic E-state index is -0.617. The monoisotopic (exact) mass is 406 g/mol. The van der Waals surface area contributed by atoms with E-state index in [2.05, 4.69) is 10.9 Å². The number of hydrogen-bond donors (Lipinski definition) is 2. The van der Waals surface area contributed by atoms with Crippen LogP contribution in [0.2, 0.25) is 0 Å². The average molecular weight is 406 g/mol. The van der Waals surface area contributed by atoms with Crippen molar-refractivity contribution in [3.8, 4) is 5.75 Å². The first-order valence-electron chi connectivity index (χ1n) is 9.66. The molecule has 8 nitrogen and oxygen atoms in total. The van der Waals surface area contributed by atoms with Gasteiger partial charge in [-0.1, -0.05) is 30.3 Å². The summed E-state index contributed by atoms with van der Waals surface area (Å²) in [6.45, 7) is 1.86. The van der Waals surface area contributed by atoms with Crippen LogP contribution in [0.5, 0.6) is 5.75 Å². The Balaban J connectivity index is 1.37. The number of nitrogens with zero attached hydrogens (tertiary/aromatic N) is 2. The van der Waals surface area contributed by atoms with Crippen LogP contribution in [0, 0.1) is 0 Å². The van der Waals surface area contributed by atoms with Crippen LogP contribution in [-0.4, -0.2) is 34.9 Å². The van der Waals surface area contributed by atoms with Gasteiger partial charge >= 0.3 is 0 Å². The number of carbonyl (C=O) groups is 3. The first-order valence-corrected chi connectivity index (χ1v) is 9.66. The molecule has 0 bridgehead atoms. The highest BCUT2D eigenvalue weighted by molar-refractivity contribution is 6.07. The maximum atomic E-state index is 12.5. The minimum Gasteiger partial charge on any atom is -0.479 e. The smallest absolute Gasteiger partial charge is 0.271 e. The Morgan fingerprint density at radius 2 is 1.80 bits per heavy atom. The summed E-state index contributed by atoms with van der Waals surface area (Å²) < 4.78 is 7.45. The number of rotatable bonds is 4. The Kier molecular flexibility index (Phi) is 5.14. The van der Waals surface area contributed by atoms with Gasteiger partial charge in [0.2, 0.25) is 5.91 Å². The van der Waals surface area contributed by atoms with Gasteiger partial charge in [0.1, 0.15) is 5.75 Å². The van der Waals surface area contributed by atoms with Gasteiger partial charge in [-0.15, -0.1) is 0 Å². The minimum absolute atomic E-state index is 0.0304. The zero-order chi connectivity index (χ0) is 21.3. The van der Waals surface area contributed by atoms with Gasteiger partial charge in [0, 0.05) is 37.1 Å². The van der Waals surface area contributed by atoms with E-state index in [1.54, 1.807) is 25.3 Å². The largest absolute Gasteiger partial charge is 0.479 e. The Morgan fingerprint density at radius 3 is 2.63 bits per heavy atom. The average Bonchev–Trinajstić information content (AvgIpc) is 3.09. The van der Waals surface area contributed by atoms with Crippen LogP contribution in [0.3, 0.4) is 0 Å². The summed E-state index contributed by atoms with van der Waals surface area (Å²) in [6.07, 6.45) is 1.13. The molecule has 1 unspecified atom stereocenters. The summed E-state index contributed by atoms with van der Waals surface area (Å²) in [6, 6.07) is 14.7. The summed E-state index contributed by atoms with van der Waals surface area (Å²) in [4.78, 5) is 38.8. The molecule has 154 valence electrons. The first-order chi connectivity index (χ1) is 14.5. The number of aromatic nitrogens is 1. The molecule has 2 heterocycles. The second-order valence-electron chi connectivity index (χ2n) is 7.14. The number of para-hydroxylation sites is 3. The van der Waals surface area contributed by atoms with Crippen molar-refractivity contribution in [2.75, 3.05) is 11.4 Å². The fourth-order valence-electron chi connectivity index (χ4n) is 3.58. The van der Waals surface area contributed by atoms with E-state index in [4.69, 9.17) is 4.74 Å². The summed E-state index contributed by atoms with van der Waals surface area (Å²) >= 11 is 0. The van der Waals surface area contributed by atoms with Crippen molar-refractivity contribution in [3.63, 3.8) is 0 Å². The van der Waals surface area contributed by atoms with Crippen LogP contribution < -0.4 is 20.5 Å². The summed E-state index contributed by atoms with van der Waals surface area (Å²) in [5.41, 5.74) is 6.91. The Bertz CT molecular complexity index is 1140. The standard InChI is InChI=1S/C22H22N4O4/c1-14-22(29)26(18-9-5-6-10-19(18)30-14)12-11-20(27)23-24-21(28)16-13-25(2)17-8-4-3-7-15(16)17/h3-10,13-14H,11-12H2,1-2H3,(H,23,27)(H,24,28). The molecular weight excluding hydrogens is 384 g/mol. The second kappa shape index (κ2) is 7.90. The van der Waals surface area contributed by atoms with Crippen molar-refractivity contribution in [2.45, 2.75) is 19.4 Å². The molecule has 3 amide bonds. The van der Waals surface area contributed by atoms with E-state index in [1.807, 2.05) is 48.0 Å². The van der Waals surface area contributed by atoms with Crippen molar-refractivity contribution in [1.29, 1.82) is 0 Å². The Labute approximate surface area is 173 Å². The molecule has 4 rings (SSSR count). The van der Waals surface area contributed by atoms with Crippen molar-refractivity contribution in [2.24, 2.45) is 7.05 Å². The molecule has 0 saturated carbocycles. The zero-order valence-electron chi connectivity index (χ0n) is 16.7. The Hall–Kier alpha value is -3.81. The number of ether oxygens (including phenoxy) is 1. The number of aryl methyl sites for hydroxylation is 1. The molecule has 0 fully saturated rings. The van der Waals surface area contributed by atoms with Gasteiger partial charge in [-0.2, -0.15) is 0 Å². The summed E-state index contributed by atoms with van der Waals surface area (Å²) in [5.74, 6) is -0.398. The lowest BCUT2D eigenvalue weighted by molar-refractivity contribution is -0.125. The molecule has 0 radical (unpaired) electrons. The SMILES string of the molecule is CC1Oc2ccccc2N(CCC(=O)NNC(=O)c2cn(C)c3ccccc23)C1=O. The summed E-state index contributed by atoms with van der Waals surface area (Å²) in [5, 5.41) is 0.802. The van der Waals surface area contributed by atoms with Crippen molar-refractivity contribution in [3.05, 3.63) is 60.3 Å². The number of hydrogen-bond acceptors (Lipinski definition) is 4. The normalized spacial score (nSPS) is 15.5. The molecule has 0 aliphatic carbocycles. The topological polar surface area (TPSA) is 92.7 Å². The van der Waals surface area contributed by atoms with Gasteiger partial charge in [-0.05, 0) is 25.1 Å². The van der Waals surface area contributed by atoms with Gasteiger partial charge in [-0.3, -0.25) is 25.2 Å². The first kappa shape index (κ1) is 19.5. The van der Waals surface area contributed by atoms with E-state index >= 15 is 0 Å². The number of anilines is 1. The lowest BCUT2D eigenvalue weighted by Gasteiger charge is -2.32. The molecule has 1 aliphatic heterocycles. The molecule has 1 aliphatic rings. The molecule has 8 heteroatoms. The zero-order valence-corrected chi connectivity index (χ0v) is 16.7. The molecule has 1 aromatic heterocycles. The van der Waals surface area contributed by atoms with Gasteiger partial charge in [0.05, 0.1) is 11.3 Å². The number of carbonyl (C=O) groups excluding carboxylic acids is 3. The third-order valence-electron chi connectivity index (χ3n) is 5.09. The highest BCUT2D eigenvalue weighted by Crippen LogP contribution is 2.33. The van der Waals surface area contributed by atoms with Crippen LogP contribution >= 0.6 is 0 Å². The second-order valence-corrected chi connectivity index (χ2v) is 7.14. The predicted molar refractivity (Wildman–Crippen MR) is 112 cm³/mol. The Morgan fingerprint density at radius 1 is 1.07 bits per heavy atom. The van der Waals surface area contributed by atoms with Crippen LogP contribution in [0.25, 0.3) is 10.9 Å². The fraction of sp³-hybridized carbons (Fsp3) is 0.227. The number of amides is 3. The van der Waals surface area contributed by atoms with Gasteiger partial charge in [0.25, 0.3) is 11.8 Å². The van der Waals surface area contributed by atoms with E-state index in [0.29, 0.717) is 17.0 Å². The quantitative estimate of drug-likeness (QED) is 0.650. The van der Waals surface area contributed by atoms with E-state index in [-0.39, 0.29) is 18.9 Å². The van der Waals surface area contributed by atoms with Crippen molar-refractivity contribution < 1.29 is 19.1 Å². The predicted octanol–water partition coefficient (Wildman–Crippen LogP) is 2.14. The molecule has 0 saturated heterocycles. The van der Waals surface area contributed by atoms with E-state index in [9.17, 15) is 14.4 Å². The van der Waals surface area contributed by atoms with Crippen molar-refractivity contribution >= 4 is 34.3 Å². The maximum Gasteiger partial charge on any atom is 0.271 e.